The summed E-state index contributed by atoms with van der Waals surface area (Å²) in [5.74, 6) is 0. The van der Waals surface area contributed by atoms with Crippen molar-refractivity contribution in [2.75, 3.05) is 12.3 Å². The average Bonchev–Trinajstić information content (AvgIpc) is 3.48. The van der Waals surface area contributed by atoms with E-state index in [-0.39, 0.29) is 15.8 Å². The number of fused-ring (bicyclic) bond motifs is 2. The molecule has 5 heteroatoms. The molecule has 0 aliphatic heterocycles. The van der Waals surface area contributed by atoms with Crippen molar-refractivity contribution in [1.29, 1.82) is 0 Å². The van der Waals surface area contributed by atoms with E-state index in [9.17, 15) is 0 Å². The molecule has 0 nitrogen and oxygen atoms in total. The monoisotopic (exact) mass is 608 g/mol. The molecule has 0 saturated heterocycles. The zero-order chi connectivity index (χ0) is 27.2. The van der Waals surface area contributed by atoms with Gasteiger partial charge in [0.25, 0.3) is 0 Å². The van der Waals surface area contributed by atoms with E-state index in [4.69, 9.17) is 18.6 Å². The Balaban J connectivity index is 0.000000237. The first-order valence-electron chi connectivity index (χ1n) is 13.7. The molecule has 202 valence electrons. The molecule has 0 N–H and O–H groups in total. The molecule has 0 aliphatic carbocycles. The third-order valence-corrected chi connectivity index (χ3v) is 12.3. The van der Waals surface area contributed by atoms with Gasteiger partial charge in [-0.2, -0.15) is 12.1 Å². The van der Waals surface area contributed by atoms with Gasteiger partial charge in [0.2, 0.25) is 0 Å². The van der Waals surface area contributed by atoms with Crippen LogP contribution in [0.4, 0.5) is 0 Å². The van der Waals surface area contributed by atoms with Crippen molar-refractivity contribution in [1.82, 2.24) is 0 Å². The molecule has 0 radical (unpaired) electrons. The van der Waals surface area contributed by atoms with E-state index >= 15 is 0 Å². The summed E-state index contributed by atoms with van der Waals surface area (Å²) in [6.07, 6.45) is 8.26. The fourth-order valence-corrected chi connectivity index (χ4v) is 10.6. The van der Waals surface area contributed by atoms with Gasteiger partial charge in [0.15, 0.2) is 0 Å². The van der Waals surface area contributed by atoms with Crippen molar-refractivity contribution in [2.24, 2.45) is 0 Å². The number of unbranched alkanes of at least 4 members (excludes halogenated alkanes) is 2. The summed E-state index contributed by atoms with van der Waals surface area (Å²) in [6.45, 7) is 14.0. The van der Waals surface area contributed by atoms with E-state index in [1.807, 2.05) is 0 Å². The van der Waals surface area contributed by atoms with Crippen molar-refractivity contribution in [2.45, 2.75) is 78.5 Å². The van der Waals surface area contributed by atoms with Gasteiger partial charge in [-0.05, 0) is 36.5 Å². The number of hydrogen-bond donors (Lipinski definition) is 0. The van der Waals surface area contributed by atoms with Crippen molar-refractivity contribution in [3.05, 3.63) is 72.8 Å². The van der Waals surface area contributed by atoms with E-state index in [1.54, 1.807) is 10.6 Å². The van der Waals surface area contributed by atoms with E-state index < -0.39 is 17.0 Å². The van der Waals surface area contributed by atoms with Gasteiger partial charge < -0.3 is 0 Å². The molecular formula is C32H44Cl2P2Ti-2. The van der Waals surface area contributed by atoms with Gasteiger partial charge in [0.1, 0.15) is 0 Å². The van der Waals surface area contributed by atoms with Crippen LogP contribution in [0.2, 0.25) is 0 Å². The first-order valence-corrected chi connectivity index (χ1v) is 21.2. The Morgan fingerprint density at radius 3 is 1.51 bits per heavy atom. The molecule has 0 fully saturated rings. The van der Waals surface area contributed by atoms with Crippen molar-refractivity contribution < 1.29 is 17.0 Å². The van der Waals surface area contributed by atoms with Crippen LogP contribution in [0.3, 0.4) is 0 Å². The van der Waals surface area contributed by atoms with E-state index in [1.165, 1.54) is 59.6 Å². The Hall–Kier alpha value is -0.186. The van der Waals surface area contributed by atoms with Crippen molar-refractivity contribution >= 4 is 66.6 Å². The minimum absolute atomic E-state index is 0.0206. The third-order valence-electron chi connectivity index (χ3n) is 6.54. The van der Waals surface area contributed by atoms with Crippen LogP contribution in [0, 0.1) is 0 Å². The number of benzene rings is 2. The summed E-state index contributed by atoms with van der Waals surface area (Å²) in [6, 6.07) is 27.1. The summed E-state index contributed by atoms with van der Waals surface area (Å²) >= 11 is -0.556. The standard InChI is InChI=1S/C17H24P.C15H20P.2ClH.Ti/c1-3-5-11-18(12-6-4-2)17-13-15-9-7-8-10-16(15)14-17;1-11(2)16(12(3)4)15-9-13-7-5-6-8-14(13)10-15;;;/h7-10,13-14H,3-6,11-12H2,1-2H3;5-12H,1-4H3;2*1H;/q2*-1;;;+2/p-2. The third kappa shape index (κ3) is 10.7. The van der Waals surface area contributed by atoms with Crippen molar-refractivity contribution in [3.63, 3.8) is 0 Å². The summed E-state index contributed by atoms with van der Waals surface area (Å²) in [4.78, 5) is 0. The van der Waals surface area contributed by atoms with Crippen LogP contribution < -0.4 is 10.6 Å². The molecule has 0 aromatic heterocycles. The molecule has 0 atom stereocenters. The Bertz CT molecular complexity index is 1070. The second kappa shape index (κ2) is 18.2. The van der Waals surface area contributed by atoms with Gasteiger partial charge >= 0.3 is 35.6 Å². The van der Waals surface area contributed by atoms with Gasteiger partial charge in [0, 0.05) is 0 Å². The van der Waals surface area contributed by atoms with Gasteiger partial charge in [-0.25, -0.2) is 0 Å². The van der Waals surface area contributed by atoms with Gasteiger partial charge in [0.05, 0.1) is 0 Å². The normalized spacial score (nSPS) is 11.2. The quantitative estimate of drug-likeness (QED) is 0.0954. The maximum absolute atomic E-state index is 4.89. The molecule has 0 spiro atoms. The predicted octanol–water partition coefficient (Wildman–Crippen LogP) is 11.1. The minimum atomic E-state index is -0.556. The second-order valence-corrected chi connectivity index (χ2v) is 18.5. The SMILES string of the molecule is CC(C)P(c1cc2ccccc2[cH-]1)C(C)C.CCCCP(CCCC)c1cc2ccccc2[cH-]1.[Cl][Ti][Cl]. The Morgan fingerprint density at radius 2 is 1.11 bits per heavy atom. The van der Waals surface area contributed by atoms with Crippen molar-refractivity contribution in [3.8, 4) is 0 Å². The predicted molar refractivity (Wildman–Crippen MR) is 174 cm³/mol. The number of halogens is 2. The van der Waals surface area contributed by atoms with Gasteiger partial charge in [-0.1, -0.05) is 82.4 Å². The van der Waals surface area contributed by atoms with E-state index in [2.05, 4.69) is 114 Å². The fourth-order valence-electron chi connectivity index (χ4n) is 4.86. The first kappa shape index (κ1) is 33.0. The molecule has 37 heavy (non-hydrogen) atoms. The molecule has 0 amide bonds. The van der Waals surface area contributed by atoms with Crippen LogP contribution in [0.5, 0.6) is 0 Å². The first-order chi connectivity index (χ1) is 17.9. The molecule has 4 aromatic rings. The van der Waals surface area contributed by atoms with Gasteiger partial charge in [-0.15, -0.1) is 80.7 Å². The number of rotatable bonds is 10. The molecular weight excluding hydrogens is 565 g/mol. The topological polar surface area (TPSA) is 0 Å². The van der Waals surface area contributed by atoms with Crippen LogP contribution in [-0.4, -0.2) is 23.6 Å². The molecule has 0 unspecified atom stereocenters. The molecule has 4 rings (SSSR count). The molecule has 0 saturated carbocycles. The molecule has 0 bridgehead atoms. The van der Waals surface area contributed by atoms with Gasteiger partial charge in [-0.3, -0.25) is 0 Å². The molecule has 0 aliphatic rings. The zero-order valence-electron chi connectivity index (χ0n) is 23.5. The van der Waals surface area contributed by atoms with E-state index in [0.717, 1.165) is 11.3 Å². The Morgan fingerprint density at radius 1 is 0.703 bits per heavy atom. The van der Waals surface area contributed by atoms with Crippen LogP contribution in [0.1, 0.15) is 67.2 Å². The van der Waals surface area contributed by atoms with E-state index in [0.29, 0.717) is 0 Å². The van der Waals surface area contributed by atoms with Crippen LogP contribution in [0.15, 0.2) is 72.8 Å². The summed E-state index contributed by atoms with van der Waals surface area (Å²) in [5, 5.41) is 8.84. The average molecular weight is 609 g/mol. The fraction of sp³-hybridized carbons (Fsp3) is 0.438. The van der Waals surface area contributed by atoms with Crippen LogP contribution in [-0.2, 0) is 17.0 Å². The molecule has 0 heterocycles. The Kier molecular flexibility index (Phi) is 16.3. The number of hydrogen-bond acceptors (Lipinski definition) is 0. The zero-order valence-corrected chi connectivity index (χ0v) is 28.3. The molecule has 4 aromatic carbocycles. The second-order valence-electron chi connectivity index (χ2n) is 10.0. The maximum atomic E-state index is 4.89. The summed E-state index contributed by atoms with van der Waals surface area (Å²) in [5.41, 5.74) is 1.54. The summed E-state index contributed by atoms with van der Waals surface area (Å²) in [7, 11) is 9.84. The Labute approximate surface area is 245 Å². The summed E-state index contributed by atoms with van der Waals surface area (Å²) < 4.78 is 0. The van der Waals surface area contributed by atoms with Crippen LogP contribution >= 0.6 is 34.5 Å². The van der Waals surface area contributed by atoms with Crippen LogP contribution in [0.25, 0.3) is 21.5 Å².